The normalized spacial score (nSPS) is 9.56. The van der Waals surface area contributed by atoms with E-state index >= 15 is 0 Å². The van der Waals surface area contributed by atoms with Crippen molar-refractivity contribution in [3.05, 3.63) is 39.9 Å². The van der Waals surface area contributed by atoms with E-state index in [1.54, 1.807) is 0 Å². The average Bonchev–Trinajstić information content (AvgIpc) is 2.16. The second kappa shape index (κ2) is 5.01. The van der Waals surface area contributed by atoms with Crippen LogP contribution in [-0.2, 0) is 20.7 Å². The van der Waals surface area contributed by atoms with Gasteiger partial charge in [0, 0.05) is 19.1 Å². The Kier molecular flexibility index (Phi) is 3.71. The SMILES string of the molecule is CC(=O)OC(=O)Cc1ccc([N+](=O)[O-])cc1. The minimum atomic E-state index is -0.679. The third kappa shape index (κ3) is 3.49. The molecule has 1 aromatic rings. The topological polar surface area (TPSA) is 86.5 Å². The Morgan fingerprint density at radius 1 is 1.31 bits per heavy atom. The minimum Gasteiger partial charge on any atom is -0.393 e. The third-order valence-corrected chi connectivity index (χ3v) is 1.75. The lowest BCUT2D eigenvalue weighted by Crippen LogP contribution is -2.11. The molecule has 6 nitrogen and oxygen atoms in total. The quantitative estimate of drug-likeness (QED) is 0.333. The molecule has 0 heterocycles. The van der Waals surface area contributed by atoms with Gasteiger partial charge in [-0.05, 0) is 5.56 Å². The maximum atomic E-state index is 11.1. The lowest BCUT2D eigenvalue weighted by Gasteiger charge is -2.00. The lowest BCUT2D eigenvalue weighted by molar-refractivity contribution is -0.384. The van der Waals surface area contributed by atoms with Crippen molar-refractivity contribution in [3.63, 3.8) is 0 Å². The Labute approximate surface area is 91.0 Å². The summed E-state index contributed by atoms with van der Waals surface area (Å²) in [6.45, 7) is 1.13. The maximum Gasteiger partial charge on any atom is 0.317 e. The van der Waals surface area contributed by atoms with Gasteiger partial charge in [-0.15, -0.1) is 0 Å². The van der Waals surface area contributed by atoms with Gasteiger partial charge < -0.3 is 4.74 Å². The molecule has 0 radical (unpaired) electrons. The molecule has 1 rings (SSSR count). The number of nitro benzene ring substituents is 1. The summed E-state index contributed by atoms with van der Waals surface area (Å²) in [5.74, 6) is -1.35. The standard InChI is InChI=1S/C10H9NO5/c1-7(12)16-10(13)6-8-2-4-9(5-3-8)11(14)15/h2-5H,6H2,1H3. The van der Waals surface area contributed by atoms with Crippen molar-refractivity contribution in [2.45, 2.75) is 13.3 Å². The fourth-order valence-corrected chi connectivity index (χ4v) is 1.10. The van der Waals surface area contributed by atoms with Crippen LogP contribution in [0.5, 0.6) is 0 Å². The summed E-state index contributed by atoms with van der Waals surface area (Å²) in [6, 6.07) is 5.46. The molecule has 84 valence electrons. The van der Waals surface area contributed by atoms with Crippen LogP contribution in [0.2, 0.25) is 0 Å². The maximum absolute atomic E-state index is 11.1. The highest BCUT2D eigenvalue weighted by Gasteiger charge is 2.09. The molecule has 0 fully saturated rings. The molecule has 0 aliphatic heterocycles. The predicted molar refractivity (Wildman–Crippen MR) is 53.6 cm³/mol. The van der Waals surface area contributed by atoms with Gasteiger partial charge in [0.2, 0.25) is 0 Å². The van der Waals surface area contributed by atoms with Gasteiger partial charge in [-0.1, -0.05) is 12.1 Å². The smallest absolute Gasteiger partial charge is 0.317 e. The summed E-state index contributed by atoms with van der Waals surface area (Å²) >= 11 is 0. The molecule has 0 aliphatic carbocycles. The molecule has 0 saturated heterocycles. The second-order valence-electron chi connectivity index (χ2n) is 3.07. The number of esters is 2. The predicted octanol–water partition coefficient (Wildman–Crippen LogP) is 1.23. The molecule has 0 saturated carbocycles. The van der Waals surface area contributed by atoms with Crippen LogP contribution in [0.3, 0.4) is 0 Å². The molecule has 0 spiro atoms. The van der Waals surface area contributed by atoms with E-state index in [0.29, 0.717) is 5.56 Å². The minimum absolute atomic E-state index is 0.0521. The van der Waals surface area contributed by atoms with Gasteiger partial charge in [0.15, 0.2) is 0 Å². The van der Waals surface area contributed by atoms with Crippen LogP contribution < -0.4 is 0 Å². The summed E-state index contributed by atoms with van der Waals surface area (Å²) < 4.78 is 4.32. The van der Waals surface area contributed by atoms with Gasteiger partial charge in [0.25, 0.3) is 5.69 Å². The van der Waals surface area contributed by atoms with Crippen LogP contribution in [0.25, 0.3) is 0 Å². The van der Waals surface area contributed by atoms with E-state index in [2.05, 4.69) is 4.74 Å². The molecule has 1 aromatic carbocycles. The average molecular weight is 223 g/mol. The zero-order valence-corrected chi connectivity index (χ0v) is 8.50. The third-order valence-electron chi connectivity index (χ3n) is 1.75. The number of carbonyl (C=O) groups is 2. The number of ether oxygens (including phenoxy) is 1. The molecular formula is C10H9NO5. The summed E-state index contributed by atoms with van der Waals surface area (Å²) in [5.41, 5.74) is 0.500. The van der Waals surface area contributed by atoms with Crippen molar-refractivity contribution in [3.8, 4) is 0 Å². The molecule has 0 aliphatic rings. The zero-order valence-electron chi connectivity index (χ0n) is 8.50. The van der Waals surface area contributed by atoms with E-state index in [1.165, 1.54) is 24.3 Å². The second-order valence-corrected chi connectivity index (χ2v) is 3.07. The number of carbonyl (C=O) groups excluding carboxylic acids is 2. The summed E-state index contributed by atoms with van der Waals surface area (Å²) in [7, 11) is 0. The molecule has 0 unspecified atom stereocenters. The van der Waals surface area contributed by atoms with Gasteiger partial charge in [-0.25, -0.2) is 0 Å². The molecule has 6 heteroatoms. The highest BCUT2D eigenvalue weighted by atomic mass is 16.6. The highest BCUT2D eigenvalue weighted by Crippen LogP contribution is 2.12. The van der Waals surface area contributed by atoms with Crippen LogP contribution in [0, 0.1) is 10.1 Å². The van der Waals surface area contributed by atoms with Crippen LogP contribution in [0.4, 0.5) is 5.69 Å². The molecular weight excluding hydrogens is 214 g/mol. The summed E-state index contributed by atoms with van der Waals surface area (Å²) in [5, 5.41) is 10.3. The number of nitro groups is 1. The number of hydrogen-bond acceptors (Lipinski definition) is 5. The molecule has 0 aromatic heterocycles. The van der Waals surface area contributed by atoms with Crippen molar-refractivity contribution in [2.75, 3.05) is 0 Å². The Morgan fingerprint density at radius 3 is 2.31 bits per heavy atom. The van der Waals surface area contributed by atoms with Gasteiger partial charge in [0.05, 0.1) is 11.3 Å². The van der Waals surface area contributed by atoms with E-state index < -0.39 is 16.9 Å². The summed E-state index contributed by atoms with van der Waals surface area (Å²) in [6.07, 6.45) is -0.0857. The van der Waals surface area contributed by atoms with Gasteiger partial charge >= 0.3 is 11.9 Å². The zero-order chi connectivity index (χ0) is 12.1. The van der Waals surface area contributed by atoms with Gasteiger partial charge in [-0.2, -0.15) is 0 Å². The first-order valence-electron chi connectivity index (χ1n) is 4.43. The fourth-order valence-electron chi connectivity index (χ4n) is 1.10. The first-order chi connectivity index (χ1) is 7.49. The van der Waals surface area contributed by atoms with Crippen LogP contribution >= 0.6 is 0 Å². The molecule has 0 bridgehead atoms. The number of nitrogens with zero attached hydrogens (tertiary/aromatic N) is 1. The van der Waals surface area contributed by atoms with Gasteiger partial charge in [-0.3, -0.25) is 19.7 Å². The first-order valence-corrected chi connectivity index (χ1v) is 4.43. The molecule has 0 amide bonds. The van der Waals surface area contributed by atoms with Crippen molar-refractivity contribution >= 4 is 17.6 Å². The largest absolute Gasteiger partial charge is 0.393 e. The van der Waals surface area contributed by atoms with E-state index in [-0.39, 0.29) is 12.1 Å². The van der Waals surface area contributed by atoms with E-state index in [4.69, 9.17) is 0 Å². The van der Waals surface area contributed by atoms with Crippen LogP contribution in [0.15, 0.2) is 24.3 Å². The van der Waals surface area contributed by atoms with Crippen molar-refractivity contribution < 1.29 is 19.2 Å². The fraction of sp³-hybridized carbons (Fsp3) is 0.200. The number of non-ortho nitro benzene ring substituents is 1. The molecule has 0 atom stereocenters. The van der Waals surface area contributed by atoms with Crippen LogP contribution in [0.1, 0.15) is 12.5 Å². The van der Waals surface area contributed by atoms with Gasteiger partial charge in [0.1, 0.15) is 0 Å². The van der Waals surface area contributed by atoms with Crippen LogP contribution in [-0.4, -0.2) is 16.9 Å². The van der Waals surface area contributed by atoms with Crippen molar-refractivity contribution in [1.82, 2.24) is 0 Å². The monoisotopic (exact) mass is 223 g/mol. The van der Waals surface area contributed by atoms with E-state index in [9.17, 15) is 19.7 Å². The van der Waals surface area contributed by atoms with E-state index in [1.807, 2.05) is 0 Å². The number of benzene rings is 1. The summed E-state index contributed by atoms with van der Waals surface area (Å²) in [4.78, 5) is 31.3. The van der Waals surface area contributed by atoms with Crippen molar-refractivity contribution in [2.24, 2.45) is 0 Å². The number of hydrogen-bond donors (Lipinski definition) is 0. The lowest BCUT2D eigenvalue weighted by atomic mass is 10.1. The Bertz CT molecular complexity index is 423. The van der Waals surface area contributed by atoms with Crippen molar-refractivity contribution in [1.29, 1.82) is 0 Å². The molecule has 16 heavy (non-hydrogen) atoms. The number of rotatable bonds is 3. The Hall–Kier alpha value is -2.24. The van der Waals surface area contributed by atoms with E-state index in [0.717, 1.165) is 6.92 Å². The first kappa shape index (κ1) is 11.8. The Morgan fingerprint density at radius 2 is 1.88 bits per heavy atom. The molecule has 0 N–H and O–H groups in total. The Balaban J connectivity index is 2.65. The highest BCUT2D eigenvalue weighted by molar-refractivity contribution is 5.85.